The minimum Gasteiger partial charge on any atom is -0.454 e. The Morgan fingerprint density at radius 2 is 1.75 bits per heavy atom. The fourth-order valence-electron chi connectivity index (χ4n) is 2.87. The monoisotopic (exact) mass is 335 g/mol. The van der Waals surface area contributed by atoms with Gasteiger partial charge >= 0.3 is 0 Å². The first-order chi connectivity index (χ1) is 11.8. The van der Waals surface area contributed by atoms with E-state index in [4.69, 9.17) is 9.47 Å². The van der Waals surface area contributed by atoms with Gasteiger partial charge in [0.05, 0.1) is 5.69 Å². The van der Waals surface area contributed by atoms with Crippen LogP contribution in [0.3, 0.4) is 0 Å². The van der Waals surface area contributed by atoms with Crippen molar-refractivity contribution in [2.75, 3.05) is 6.79 Å². The Morgan fingerprint density at radius 3 is 2.62 bits per heavy atom. The van der Waals surface area contributed by atoms with Crippen molar-refractivity contribution in [1.29, 1.82) is 0 Å². The number of aromatic nitrogens is 3. The molecule has 0 atom stereocenters. The van der Waals surface area contributed by atoms with Gasteiger partial charge in [0, 0.05) is 10.9 Å². The number of aryl methyl sites for hydroxylation is 1. The smallest absolute Gasteiger partial charge is 0.231 e. The van der Waals surface area contributed by atoms with Crippen molar-refractivity contribution in [3.05, 3.63) is 53.4 Å². The van der Waals surface area contributed by atoms with E-state index in [0.29, 0.717) is 0 Å². The van der Waals surface area contributed by atoms with Crippen molar-refractivity contribution in [1.82, 2.24) is 14.6 Å². The van der Waals surface area contributed by atoms with Gasteiger partial charge in [-0.1, -0.05) is 29.8 Å². The van der Waals surface area contributed by atoms with Crippen LogP contribution in [0.2, 0.25) is 0 Å². The maximum absolute atomic E-state index is 5.48. The van der Waals surface area contributed by atoms with E-state index in [0.717, 1.165) is 39.1 Å². The number of fused-ring (bicyclic) bond motifs is 2. The van der Waals surface area contributed by atoms with Crippen LogP contribution in [0.5, 0.6) is 11.5 Å². The Morgan fingerprint density at radius 1 is 0.958 bits per heavy atom. The maximum Gasteiger partial charge on any atom is 0.231 e. The molecule has 5 rings (SSSR count). The Kier molecular flexibility index (Phi) is 2.87. The quantitative estimate of drug-likeness (QED) is 0.552. The Balaban J connectivity index is 1.70. The van der Waals surface area contributed by atoms with Gasteiger partial charge in [-0.25, -0.2) is 0 Å². The molecule has 6 heteroatoms. The minimum absolute atomic E-state index is 0.265. The lowest BCUT2D eigenvalue weighted by Gasteiger charge is -2.05. The van der Waals surface area contributed by atoms with Crippen LogP contribution in [0.1, 0.15) is 5.56 Å². The van der Waals surface area contributed by atoms with Gasteiger partial charge in [0.1, 0.15) is 0 Å². The predicted molar refractivity (Wildman–Crippen MR) is 92.6 cm³/mol. The molecule has 0 radical (unpaired) electrons. The van der Waals surface area contributed by atoms with Gasteiger partial charge in [0.2, 0.25) is 11.8 Å². The molecule has 1 aliphatic heterocycles. The normalized spacial score (nSPS) is 12.9. The van der Waals surface area contributed by atoms with Crippen molar-refractivity contribution in [3.8, 4) is 34.1 Å². The van der Waals surface area contributed by atoms with Crippen molar-refractivity contribution in [2.24, 2.45) is 0 Å². The first-order valence-corrected chi connectivity index (χ1v) is 8.47. The van der Waals surface area contributed by atoms with E-state index in [1.165, 1.54) is 5.56 Å². The van der Waals surface area contributed by atoms with Crippen LogP contribution in [0.25, 0.3) is 27.6 Å². The molecule has 0 spiro atoms. The molecule has 0 amide bonds. The predicted octanol–water partition coefficient (Wildman–Crippen LogP) is 4.16. The highest BCUT2D eigenvalue weighted by Gasteiger charge is 2.19. The van der Waals surface area contributed by atoms with Gasteiger partial charge in [0.25, 0.3) is 0 Å². The largest absolute Gasteiger partial charge is 0.454 e. The van der Waals surface area contributed by atoms with Crippen LogP contribution in [0, 0.1) is 6.92 Å². The molecular formula is C18H13N3O2S. The summed E-state index contributed by atoms with van der Waals surface area (Å²) in [6.45, 7) is 2.35. The lowest BCUT2D eigenvalue weighted by molar-refractivity contribution is 0.174. The summed E-state index contributed by atoms with van der Waals surface area (Å²) in [4.78, 5) is 0.873. The molecule has 24 heavy (non-hydrogen) atoms. The molecule has 2 aromatic heterocycles. The number of hydrogen-bond donors (Lipinski definition) is 0. The van der Waals surface area contributed by atoms with E-state index in [2.05, 4.69) is 51.2 Å². The fraction of sp³-hybridized carbons (Fsp3) is 0.111. The van der Waals surface area contributed by atoms with Gasteiger partial charge < -0.3 is 9.47 Å². The lowest BCUT2D eigenvalue weighted by atomic mass is 10.1. The van der Waals surface area contributed by atoms with E-state index >= 15 is 0 Å². The van der Waals surface area contributed by atoms with Crippen molar-refractivity contribution >= 4 is 16.3 Å². The standard InChI is InChI=1S/C18H13N3O2S/c1-11-2-4-12(5-3-11)14-9-24-18-20-19-17(21(14)18)13-6-7-15-16(8-13)23-10-22-15/h2-9H,10H2,1H3. The first kappa shape index (κ1) is 13.6. The SMILES string of the molecule is Cc1ccc(-c2csc3nnc(-c4ccc5c(c4)OCO5)n23)cc1. The molecule has 1 aliphatic rings. The highest BCUT2D eigenvalue weighted by atomic mass is 32.1. The summed E-state index contributed by atoms with van der Waals surface area (Å²) in [7, 11) is 0. The first-order valence-electron chi connectivity index (χ1n) is 7.59. The zero-order valence-corrected chi connectivity index (χ0v) is 13.7. The highest BCUT2D eigenvalue weighted by molar-refractivity contribution is 7.15. The number of ether oxygens (including phenoxy) is 2. The third kappa shape index (κ3) is 2.00. The molecule has 3 heterocycles. The van der Waals surface area contributed by atoms with E-state index in [-0.39, 0.29) is 6.79 Å². The van der Waals surface area contributed by atoms with E-state index in [1.807, 2.05) is 18.2 Å². The summed E-state index contributed by atoms with van der Waals surface area (Å²) < 4.78 is 13.0. The zero-order valence-electron chi connectivity index (χ0n) is 12.9. The molecule has 4 aromatic rings. The summed E-state index contributed by atoms with van der Waals surface area (Å²) in [5.41, 5.74) is 4.43. The van der Waals surface area contributed by atoms with Crippen molar-refractivity contribution < 1.29 is 9.47 Å². The van der Waals surface area contributed by atoms with E-state index < -0.39 is 0 Å². The summed E-state index contributed by atoms with van der Waals surface area (Å²) in [5, 5.41) is 10.8. The second-order valence-corrected chi connectivity index (χ2v) is 6.53. The van der Waals surface area contributed by atoms with E-state index in [1.54, 1.807) is 11.3 Å². The number of hydrogen-bond acceptors (Lipinski definition) is 5. The van der Waals surface area contributed by atoms with Gasteiger partial charge in [-0.15, -0.1) is 21.5 Å². The topological polar surface area (TPSA) is 48.7 Å². The van der Waals surface area contributed by atoms with Crippen LogP contribution in [0.4, 0.5) is 0 Å². The average molecular weight is 335 g/mol. The zero-order chi connectivity index (χ0) is 16.1. The molecule has 0 fully saturated rings. The van der Waals surface area contributed by atoms with Crippen LogP contribution in [-0.4, -0.2) is 21.4 Å². The highest BCUT2D eigenvalue weighted by Crippen LogP contribution is 2.37. The van der Waals surface area contributed by atoms with Crippen molar-refractivity contribution in [3.63, 3.8) is 0 Å². The maximum atomic E-state index is 5.48. The summed E-state index contributed by atoms with van der Waals surface area (Å²) >= 11 is 1.59. The number of benzene rings is 2. The number of rotatable bonds is 2. The minimum atomic E-state index is 0.265. The van der Waals surface area contributed by atoms with Gasteiger partial charge in [-0.05, 0) is 30.7 Å². The number of thiazole rings is 1. The molecule has 118 valence electrons. The molecule has 2 aromatic carbocycles. The average Bonchev–Trinajstić information content (AvgIpc) is 3.30. The molecule has 5 nitrogen and oxygen atoms in total. The van der Waals surface area contributed by atoms with Crippen LogP contribution >= 0.6 is 11.3 Å². The summed E-state index contributed by atoms with van der Waals surface area (Å²) in [5.74, 6) is 2.32. The molecular weight excluding hydrogens is 322 g/mol. The summed E-state index contributed by atoms with van der Waals surface area (Å²) in [6.07, 6.45) is 0. The second-order valence-electron chi connectivity index (χ2n) is 5.70. The van der Waals surface area contributed by atoms with Crippen LogP contribution < -0.4 is 9.47 Å². The number of nitrogens with zero attached hydrogens (tertiary/aromatic N) is 3. The molecule has 0 saturated heterocycles. The summed E-state index contributed by atoms with van der Waals surface area (Å²) in [6, 6.07) is 14.3. The van der Waals surface area contributed by atoms with Gasteiger partial charge in [-0.3, -0.25) is 4.40 Å². The van der Waals surface area contributed by atoms with Gasteiger partial charge in [0.15, 0.2) is 17.3 Å². The Hall–Kier alpha value is -2.86. The third-order valence-corrected chi connectivity index (χ3v) is 4.94. The lowest BCUT2D eigenvalue weighted by Crippen LogP contribution is -1.93. The fourth-order valence-corrected chi connectivity index (χ4v) is 3.71. The second kappa shape index (κ2) is 5.07. The van der Waals surface area contributed by atoms with Gasteiger partial charge in [-0.2, -0.15) is 0 Å². The Labute approximate surface area is 142 Å². The molecule has 0 aliphatic carbocycles. The molecule has 0 N–H and O–H groups in total. The molecule has 0 bridgehead atoms. The van der Waals surface area contributed by atoms with E-state index in [9.17, 15) is 0 Å². The van der Waals surface area contributed by atoms with Crippen LogP contribution in [0.15, 0.2) is 47.8 Å². The Bertz CT molecular complexity index is 1050. The molecule has 0 unspecified atom stereocenters. The van der Waals surface area contributed by atoms with Crippen LogP contribution in [-0.2, 0) is 0 Å². The molecule has 0 saturated carbocycles. The van der Waals surface area contributed by atoms with Crippen molar-refractivity contribution in [2.45, 2.75) is 6.92 Å². The third-order valence-electron chi connectivity index (χ3n) is 4.13.